The van der Waals surface area contributed by atoms with E-state index in [1.54, 1.807) is 16.3 Å². The van der Waals surface area contributed by atoms with Gasteiger partial charge in [0.05, 0.1) is 5.52 Å². The summed E-state index contributed by atoms with van der Waals surface area (Å²) < 4.78 is 2.91. The summed E-state index contributed by atoms with van der Waals surface area (Å²) in [6.07, 6.45) is 2.03. The van der Waals surface area contributed by atoms with E-state index in [9.17, 15) is 4.79 Å². The molecule has 86 valence electrons. The minimum atomic E-state index is 0.0228. The summed E-state index contributed by atoms with van der Waals surface area (Å²) >= 11 is 8.38. The number of rotatable bonds is 3. The molecule has 3 nitrogen and oxygen atoms in total. The normalized spacial score (nSPS) is 13.1. The molecule has 2 aromatic rings. The van der Waals surface area contributed by atoms with Gasteiger partial charge >= 0.3 is 0 Å². The molecule has 6 heteroatoms. The second-order valence-electron chi connectivity index (χ2n) is 3.56. The quantitative estimate of drug-likeness (QED) is 0.873. The predicted octanol–water partition coefficient (Wildman–Crippen LogP) is 2.87. The Bertz CT molecular complexity index is 610. The molecule has 0 aromatic carbocycles. The van der Waals surface area contributed by atoms with Crippen LogP contribution in [0.5, 0.6) is 0 Å². The molecule has 0 spiro atoms. The lowest BCUT2D eigenvalue weighted by Gasteiger charge is -2.10. The number of aromatic amines is 1. The van der Waals surface area contributed by atoms with E-state index in [0.717, 1.165) is 10.2 Å². The largest absolute Gasteiger partial charge is 0.331 e. The highest BCUT2D eigenvalue weighted by Gasteiger charge is 2.09. The van der Waals surface area contributed by atoms with Crippen molar-refractivity contribution in [3.05, 3.63) is 26.6 Å². The van der Waals surface area contributed by atoms with Crippen LogP contribution < -0.4 is 5.56 Å². The molecule has 2 rings (SSSR count). The number of thioether (sulfide) groups is 1. The van der Waals surface area contributed by atoms with Gasteiger partial charge in [-0.25, -0.2) is 0 Å². The number of hydrogen-bond acceptors (Lipinski definition) is 4. The zero-order valence-electron chi connectivity index (χ0n) is 9.02. The van der Waals surface area contributed by atoms with Crippen molar-refractivity contribution in [2.24, 2.45) is 0 Å². The lowest BCUT2D eigenvalue weighted by atomic mass is 10.4. The van der Waals surface area contributed by atoms with Gasteiger partial charge in [0, 0.05) is 11.8 Å². The van der Waals surface area contributed by atoms with Gasteiger partial charge in [-0.1, -0.05) is 6.92 Å². The van der Waals surface area contributed by atoms with Gasteiger partial charge in [0.1, 0.15) is 4.70 Å². The first-order valence-electron chi connectivity index (χ1n) is 4.86. The van der Waals surface area contributed by atoms with Crippen LogP contribution in [0.25, 0.3) is 10.2 Å². The Morgan fingerprint density at radius 1 is 1.69 bits per heavy atom. The summed E-state index contributed by atoms with van der Waals surface area (Å²) in [5.74, 6) is 0. The van der Waals surface area contributed by atoms with Crippen molar-refractivity contribution in [2.75, 3.05) is 6.26 Å². The molecular weight excluding hydrogens is 260 g/mol. The summed E-state index contributed by atoms with van der Waals surface area (Å²) in [6, 6.07) is 1.89. The van der Waals surface area contributed by atoms with Crippen molar-refractivity contribution in [3.63, 3.8) is 0 Å². The minimum Gasteiger partial charge on any atom is -0.331 e. The Hall–Kier alpha value is -0.590. The number of fused-ring (bicyclic) bond motifs is 1. The lowest BCUT2D eigenvalue weighted by Crippen LogP contribution is -2.25. The number of nitrogens with zero attached hydrogens (tertiary/aromatic N) is 1. The van der Waals surface area contributed by atoms with E-state index in [1.165, 1.54) is 11.3 Å². The van der Waals surface area contributed by atoms with E-state index in [2.05, 4.69) is 11.9 Å². The number of H-pyrrole nitrogens is 1. The zero-order chi connectivity index (χ0) is 11.7. The number of hydrogen-bond donors (Lipinski definition) is 1. The van der Waals surface area contributed by atoms with Crippen LogP contribution >= 0.6 is 35.3 Å². The molecule has 0 fully saturated rings. The molecule has 0 aliphatic rings. The fourth-order valence-electron chi connectivity index (χ4n) is 1.47. The summed E-state index contributed by atoms with van der Waals surface area (Å²) in [6.45, 7) is 2.74. The highest BCUT2D eigenvalue weighted by molar-refractivity contribution is 7.99. The average Bonchev–Trinajstić information content (AvgIpc) is 2.71. The van der Waals surface area contributed by atoms with Crippen molar-refractivity contribution in [1.29, 1.82) is 0 Å². The predicted molar refractivity (Wildman–Crippen MR) is 74.2 cm³/mol. The summed E-state index contributed by atoms with van der Waals surface area (Å²) in [5.41, 5.74) is 0.864. The molecule has 1 atom stereocenters. The first-order valence-corrected chi connectivity index (χ1v) is 7.44. The Morgan fingerprint density at radius 2 is 2.44 bits per heavy atom. The van der Waals surface area contributed by atoms with E-state index in [4.69, 9.17) is 12.2 Å². The van der Waals surface area contributed by atoms with Crippen molar-refractivity contribution in [1.82, 2.24) is 9.55 Å². The molecule has 0 amide bonds. The molecule has 0 aliphatic carbocycles. The van der Waals surface area contributed by atoms with E-state index in [-0.39, 0.29) is 5.56 Å². The smallest absolute Gasteiger partial charge is 0.272 e. The standard InChI is InChI=1S/C10H12N2OS3/c1-6(15-2)5-12-9(13)8-7(3-4-16-8)11-10(12)14/h3-4,6H,5H2,1-2H3,(H,11,14). The topological polar surface area (TPSA) is 37.8 Å². The van der Waals surface area contributed by atoms with E-state index < -0.39 is 0 Å². The average molecular weight is 272 g/mol. The van der Waals surface area contributed by atoms with Crippen molar-refractivity contribution in [2.45, 2.75) is 18.7 Å². The molecule has 2 heterocycles. The van der Waals surface area contributed by atoms with Gasteiger partial charge in [0.2, 0.25) is 0 Å². The van der Waals surface area contributed by atoms with Gasteiger partial charge in [-0.15, -0.1) is 11.3 Å². The van der Waals surface area contributed by atoms with Crippen LogP contribution in [0.4, 0.5) is 0 Å². The monoisotopic (exact) mass is 272 g/mol. The van der Waals surface area contributed by atoms with E-state index in [1.807, 2.05) is 17.7 Å². The zero-order valence-corrected chi connectivity index (χ0v) is 11.5. The molecule has 1 unspecified atom stereocenters. The van der Waals surface area contributed by atoms with Gasteiger partial charge in [-0.05, 0) is 29.9 Å². The van der Waals surface area contributed by atoms with Gasteiger partial charge in [-0.3, -0.25) is 9.36 Å². The second-order valence-corrected chi connectivity index (χ2v) is 6.13. The molecule has 0 aliphatic heterocycles. The third-order valence-electron chi connectivity index (χ3n) is 2.43. The Labute approximate surface area is 107 Å². The van der Waals surface area contributed by atoms with Crippen LogP contribution in [0, 0.1) is 4.77 Å². The first-order chi connectivity index (χ1) is 7.63. The molecule has 0 bridgehead atoms. The van der Waals surface area contributed by atoms with E-state index in [0.29, 0.717) is 16.6 Å². The maximum Gasteiger partial charge on any atom is 0.272 e. The lowest BCUT2D eigenvalue weighted by molar-refractivity contribution is 0.651. The summed E-state index contributed by atoms with van der Waals surface area (Å²) in [7, 11) is 0. The van der Waals surface area contributed by atoms with Gasteiger partial charge < -0.3 is 4.98 Å². The molecule has 0 radical (unpaired) electrons. The number of aromatic nitrogens is 2. The Morgan fingerprint density at radius 3 is 3.12 bits per heavy atom. The number of nitrogens with one attached hydrogen (secondary N) is 1. The van der Waals surface area contributed by atoms with Crippen LogP contribution in [0.2, 0.25) is 0 Å². The molecule has 0 saturated heterocycles. The third kappa shape index (κ3) is 2.09. The fourth-order valence-corrected chi connectivity index (χ4v) is 2.83. The van der Waals surface area contributed by atoms with Crippen molar-refractivity contribution in [3.8, 4) is 0 Å². The van der Waals surface area contributed by atoms with Gasteiger partial charge in [0.25, 0.3) is 5.56 Å². The molecule has 16 heavy (non-hydrogen) atoms. The van der Waals surface area contributed by atoms with Crippen LogP contribution in [0.15, 0.2) is 16.2 Å². The summed E-state index contributed by atoms with van der Waals surface area (Å²) in [4.78, 5) is 15.2. The Kier molecular flexibility index (Phi) is 3.51. The SMILES string of the molecule is CSC(C)Cn1c(=S)[nH]c2ccsc2c1=O. The van der Waals surface area contributed by atoms with Gasteiger partial charge in [-0.2, -0.15) is 11.8 Å². The minimum absolute atomic E-state index is 0.0228. The van der Waals surface area contributed by atoms with E-state index >= 15 is 0 Å². The van der Waals surface area contributed by atoms with Crippen LogP contribution in [-0.2, 0) is 6.54 Å². The summed E-state index contributed by atoms with van der Waals surface area (Å²) in [5, 5.41) is 2.28. The molecular formula is C10H12N2OS3. The molecule has 1 N–H and O–H groups in total. The van der Waals surface area contributed by atoms with Crippen molar-refractivity contribution < 1.29 is 0 Å². The number of thiophene rings is 1. The maximum atomic E-state index is 12.1. The Balaban J connectivity index is 2.60. The van der Waals surface area contributed by atoms with Gasteiger partial charge in [0.15, 0.2) is 4.77 Å². The van der Waals surface area contributed by atoms with Crippen LogP contribution in [0.1, 0.15) is 6.92 Å². The van der Waals surface area contributed by atoms with Crippen LogP contribution in [0.3, 0.4) is 0 Å². The fraction of sp³-hybridized carbons (Fsp3) is 0.400. The maximum absolute atomic E-state index is 12.1. The first kappa shape index (κ1) is 11.9. The second kappa shape index (κ2) is 4.73. The highest BCUT2D eigenvalue weighted by atomic mass is 32.2. The third-order valence-corrected chi connectivity index (χ3v) is 4.61. The molecule has 2 aromatic heterocycles. The molecule has 0 saturated carbocycles. The highest BCUT2D eigenvalue weighted by Crippen LogP contribution is 2.15. The van der Waals surface area contributed by atoms with Crippen LogP contribution in [-0.4, -0.2) is 21.1 Å². The van der Waals surface area contributed by atoms with Crippen molar-refractivity contribution >= 4 is 45.5 Å².